The summed E-state index contributed by atoms with van der Waals surface area (Å²) in [6, 6.07) is 5.20. The van der Waals surface area contributed by atoms with Gasteiger partial charge in [-0.2, -0.15) is 0 Å². The minimum absolute atomic E-state index is 0.0415. The van der Waals surface area contributed by atoms with Crippen molar-refractivity contribution >= 4 is 15.9 Å². The van der Waals surface area contributed by atoms with E-state index in [2.05, 4.69) is 46.5 Å². The fourth-order valence-corrected chi connectivity index (χ4v) is 3.28. The van der Waals surface area contributed by atoms with Crippen molar-refractivity contribution in [2.24, 2.45) is 5.73 Å². The van der Waals surface area contributed by atoms with Crippen molar-refractivity contribution in [1.29, 1.82) is 0 Å². The van der Waals surface area contributed by atoms with E-state index >= 15 is 0 Å². The molecule has 0 aromatic heterocycles. The first-order valence-corrected chi connectivity index (χ1v) is 8.26. The first kappa shape index (κ1) is 16.9. The normalized spacial score (nSPS) is 19.7. The number of hydrogen-bond donors (Lipinski definition) is 1. The Morgan fingerprint density at radius 3 is 2.33 bits per heavy atom. The molecule has 0 spiro atoms. The average Bonchev–Trinajstić information content (AvgIpc) is 2.41. The molecule has 0 bridgehead atoms. The van der Waals surface area contributed by atoms with E-state index in [1.807, 2.05) is 12.1 Å². The molecule has 1 saturated heterocycles. The first-order chi connectivity index (χ1) is 9.82. The van der Waals surface area contributed by atoms with Gasteiger partial charge in [-0.05, 0) is 32.9 Å². The van der Waals surface area contributed by atoms with Gasteiger partial charge in [-0.3, -0.25) is 9.80 Å². The van der Waals surface area contributed by atoms with Gasteiger partial charge in [-0.15, -0.1) is 0 Å². The third kappa shape index (κ3) is 4.03. The Bertz CT molecular complexity index is 479. The molecule has 1 fully saturated rings. The Balaban J connectivity index is 2.09. The van der Waals surface area contributed by atoms with E-state index in [9.17, 15) is 4.39 Å². The maximum absolute atomic E-state index is 14.2. The highest BCUT2D eigenvalue weighted by Gasteiger charge is 2.30. The number of nitrogens with two attached hydrogens (primary N) is 1. The molecule has 1 aliphatic rings. The molecular formula is C16H25BrFN3. The molecule has 21 heavy (non-hydrogen) atoms. The summed E-state index contributed by atoms with van der Waals surface area (Å²) in [4.78, 5) is 4.77. The van der Waals surface area contributed by atoms with Crippen molar-refractivity contribution in [2.45, 2.75) is 32.4 Å². The lowest BCUT2D eigenvalue weighted by molar-refractivity contribution is 0.0426. The summed E-state index contributed by atoms with van der Waals surface area (Å²) in [7, 11) is 0. The summed E-state index contributed by atoms with van der Waals surface area (Å²) in [6.45, 7) is 11.0. The molecule has 5 heteroatoms. The maximum atomic E-state index is 14.2. The van der Waals surface area contributed by atoms with Gasteiger partial charge in [0.15, 0.2) is 0 Å². The second-order valence-electron chi connectivity index (χ2n) is 6.61. The molecule has 1 aliphatic heterocycles. The van der Waals surface area contributed by atoms with E-state index in [1.165, 1.54) is 6.07 Å². The largest absolute Gasteiger partial charge is 0.329 e. The zero-order valence-corrected chi connectivity index (χ0v) is 14.7. The van der Waals surface area contributed by atoms with Gasteiger partial charge in [0, 0.05) is 48.3 Å². The highest BCUT2D eigenvalue weighted by Crippen LogP contribution is 2.27. The van der Waals surface area contributed by atoms with Gasteiger partial charge in [0.1, 0.15) is 5.82 Å². The highest BCUT2D eigenvalue weighted by molar-refractivity contribution is 9.10. The number of rotatable bonds is 3. The third-order valence-corrected chi connectivity index (χ3v) is 4.74. The van der Waals surface area contributed by atoms with E-state index in [1.54, 1.807) is 0 Å². The Kier molecular flexibility index (Phi) is 5.41. The molecule has 0 aliphatic carbocycles. The molecule has 1 unspecified atom stereocenters. The van der Waals surface area contributed by atoms with Crippen molar-refractivity contribution in [3.8, 4) is 0 Å². The van der Waals surface area contributed by atoms with Gasteiger partial charge in [0.2, 0.25) is 0 Å². The molecule has 1 heterocycles. The van der Waals surface area contributed by atoms with Gasteiger partial charge in [0.05, 0.1) is 6.04 Å². The van der Waals surface area contributed by atoms with Crippen LogP contribution in [-0.4, -0.2) is 48.1 Å². The molecule has 0 saturated carbocycles. The zero-order chi connectivity index (χ0) is 15.6. The molecule has 1 aromatic rings. The number of hydrogen-bond acceptors (Lipinski definition) is 3. The SMILES string of the molecule is CC(C)(C)N1CCN(C(CN)c2ccc(Br)cc2F)CC1. The topological polar surface area (TPSA) is 32.5 Å². The van der Waals surface area contributed by atoms with Crippen molar-refractivity contribution in [2.75, 3.05) is 32.7 Å². The molecule has 3 nitrogen and oxygen atoms in total. The van der Waals surface area contributed by atoms with Crippen LogP contribution in [0.5, 0.6) is 0 Å². The van der Waals surface area contributed by atoms with Crippen LogP contribution in [0.4, 0.5) is 4.39 Å². The molecule has 2 N–H and O–H groups in total. The minimum atomic E-state index is -0.182. The van der Waals surface area contributed by atoms with Crippen molar-refractivity contribution in [1.82, 2.24) is 9.80 Å². The lowest BCUT2D eigenvalue weighted by Gasteiger charge is -2.44. The monoisotopic (exact) mass is 357 g/mol. The lowest BCUT2D eigenvalue weighted by Crippen LogP contribution is -2.54. The lowest BCUT2D eigenvalue weighted by atomic mass is 10.0. The zero-order valence-electron chi connectivity index (χ0n) is 13.1. The predicted molar refractivity (Wildman–Crippen MR) is 88.8 cm³/mol. The number of halogens is 2. The quantitative estimate of drug-likeness (QED) is 0.902. The first-order valence-electron chi connectivity index (χ1n) is 7.47. The highest BCUT2D eigenvalue weighted by atomic mass is 79.9. The van der Waals surface area contributed by atoms with E-state index in [0.29, 0.717) is 12.1 Å². The Labute approximate surface area is 135 Å². The van der Waals surface area contributed by atoms with Crippen LogP contribution in [0.1, 0.15) is 32.4 Å². The molecule has 1 aromatic carbocycles. The van der Waals surface area contributed by atoms with Gasteiger partial charge >= 0.3 is 0 Å². The fourth-order valence-electron chi connectivity index (χ4n) is 2.95. The molecule has 2 rings (SSSR count). The van der Waals surface area contributed by atoms with Crippen molar-refractivity contribution in [3.05, 3.63) is 34.1 Å². The fraction of sp³-hybridized carbons (Fsp3) is 0.625. The van der Waals surface area contributed by atoms with E-state index in [-0.39, 0.29) is 17.4 Å². The second kappa shape index (κ2) is 6.73. The van der Waals surface area contributed by atoms with Gasteiger partial charge in [0.25, 0.3) is 0 Å². The predicted octanol–water partition coefficient (Wildman–Crippen LogP) is 3.00. The molecule has 118 valence electrons. The summed E-state index contributed by atoms with van der Waals surface area (Å²) < 4.78 is 14.9. The minimum Gasteiger partial charge on any atom is -0.329 e. The van der Waals surface area contributed by atoms with E-state index < -0.39 is 0 Å². The van der Waals surface area contributed by atoms with Crippen LogP contribution in [-0.2, 0) is 0 Å². The van der Waals surface area contributed by atoms with Crippen LogP contribution in [0.2, 0.25) is 0 Å². The Morgan fingerprint density at radius 1 is 1.24 bits per heavy atom. The van der Waals surface area contributed by atoms with Crippen LogP contribution in [0.15, 0.2) is 22.7 Å². The van der Waals surface area contributed by atoms with Crippen LogP contribution in [0.25, 0.3) is 0 Å². The van der Waals surface area contributed by atoms with Crippen LogP contribution < -0.4 is 5.73 Å². The van der Waals surface area contributed by atoms with E-state index in [0.717, 1.165) is 30.7 Å². The van der Waals surface area contributed by atoms with Gasteiger partial charge < -0.3 is 5.73 Å². The number of nitrogens with zero attached hydrogens (tertiary/aromatic N) is 2. The van der Waals surface area contributed by atoms with Crippen LogP contribution >= 0.6 is 15.9 Å². The van der Waals surface area contributed by atoms with E-state index in [4.69, 9.17) is 5.73 Å². The summed E-state index contributed by atoms with van der Waals surface area (Å²) in [5.41, 5.74) is 6.82. The van der Waals surface area contributed by atoms with Gasteiger partial charge in [-0.25, -0.2) is 4.39 Å². The summed E-state index contributed by atoms with van der Waals surface area (Å²) in [5.74, 6) is -0.182. The van der Waals surface area contributed by atoms with Crippen LogP contribution in [0, 0.1) is 5.82 Å². The van der Waals surface area contributed by atoms with Crippen molar-refractivity contribution < 1.29 is 4.39 Å². The average molecular weight is 358 g/mol. The summed E-state index contributed by atoms with van der Waals surface area (Å²) in [5, 5.41) is 0. The number of piperazine rings is 1. The molecule has 0 amide bonds. The Morgan fingerprint density at radius 2 is 1.86 bits per heavy atom. The Hall–Kier alpha value is -0.490. The van der Waals surface area contributed by atoms with Crippen molar-refractivity contribution in [3.63, 3.8) is 0 Å². The summed E-state index contributed by atoms with van der Waals surface area (Å²) in [6.07, 6.45) is 0. The molecule has 1 atom stereocenters. The van der Waals surface area contributed by atoms with Crippen LogP contribution in [0.3, 0.4) is 0 Å². The number of benzene rings is 1. The standard InChI is InChI=1S/C16H25BrFN3/c1-16(2,3)21-8-6-20(7-9-21)15(11-19)13-5-4-12(17)10-14(13)18/h4-5,10,15H,6-9,11,19H2,1-3H3. The molecular weight excluding hydrogens is 333 g/mol. The molecule has 0 radical (unpaired) electrons. The van der Waals surface area contributed by atoms with Gasteiger partial charge in [-0.1, -0.05) is 22.0 Å². The second-order valence-corrected chi connectivity index (χ2v) is 7.53. The smallest absolute Gasteiger partial charge is 0.129 e. The maximum Gasteiger partial charge on any atom is 0.129 e. The summed E-state index contributed by atoms with van der Waals surface area (Å²) >= 11 is 3.30. The third-order valence-electron chi connectivity index (χ3n) is 4.25.